The van der Waals surface area contributed by atoms with Crippen LogP contribution in [0.1, 0.15) is 18.5 Å². The molecule has 0 amide bonds. The van der Waals surface area contributed by atoms with Gasteiger partial charge in [-0.2, -0.15) is 0 Å². The van der Waals surface area contributed by atoms with Crippen molar-refractivity contribution >= 4 is 0 Å². The maximum absolute atomic E-state index is 5.42. The molecule has 5 nitrogen and oxygen atoms in total. The van der Waals surface area contributed by atoms with Crippen LogP contribution in [0, 0.1) is 0 Å². The number of nitrogens with one attached hydrogen (secondary N) is 1. The Morgan fingerprint density at radius 1 is 1.00 bits per heavy atom. The molecule has 20 heavy (non-hydrogen) atoms. The number of hydrogen-bond acceptors (Lipinski definition) is 5. The lowest BCUT2D eigenvalue weighted by Crippen LogP contribution is -2.44. The number of rotatable bonds is 5. The fourth-order valence-corrected chi connectivity index (χ4v) is 2.62. The largest absolute Gasteiger partial charge is 0.493 e. The smallest absolute Gasteiger partial charge is 0.203 e. The molecule has 2 rings (SSSR count). The normalized spacial score (nSPS) is 17.6. The number of nitrogens with zero attached hydrogens (tertiary/aromatic N) is 1. The van der Waals surface area contributed by atoms with Crippen LogP contribution in [0.2, 0.25) is 0 Å². The van der Waals surface area contributed by atoms with E-state index in [0.717, 1.165) is 26.2 Å². The zero-order valence-corrected chi connectivity index (χ0v) is 12.7. The first-order chi connectivity index (χ1) is 9.71. The Hall–Kier alpha value is -1.46. The van der Waals surface area contributed by atoms with Gasteiger partial charge < -0.3 is 19.5 Å². The first-order valence-corrected chi connectivity index (χ1v) is 6.96. The summed E-state index contributed by atoms with van der Waals surface area (Å²) in [6, 6.07) is 4.40. The highest BCUT2D eigenvalue weighted by Gasteiger charge is 2.21. The number of piperazine rings is 1. The van der Waals surface area contributed by atoms with Gasteiger partial charge in [0.05, 0.1) is 21.3 Å². The molecule has 0 radical (unpaired) electrons. The molecule has 1 aromatic rings. The van der Waals surface area contributed by atoms with Crippen molar-refractivity contribution in [3.05, 3.63) is 17.7 Å². The molecule has 5 heteroatoms. The molecular formula is C15H24N2O3. The Labute approximate surface area is 120 Å². The Balaban J connectivity index is 2.30. The molecule has 1 N–H and O–H groups in total. The average Bonchev–Trinajstić information content (AvgIpc) is 2.53. The summed E-state index contributed by atoms with van der Waals surface area (Å²) in [4.78, 5) is 2.46. The molecule has 0 aromatic heterocycles. The standard InChI is InChI=1S/C15H24N2O3/c1-11(17-7-5-16-6-8-17)12-9-13(18-2)15(20-4)14(10-12)19-3/h9-11,16H,5-8H2,1-4H3/t11-/m0/s1. The van der Waals surface area contributed by atoms with Gasteiger partial charge in [0.25, 0.3) is 0 Å². The van der Waals surface area contributed by atoms with Gasteiger partial charge in [0.2, 0.25) is 5.75 Å². The van der Waals surface area contributed by atoms with Crippen LogP contribution < -0.4 is 19.5 Å². The highest BCUT2D eigenvalue weighted by Crippen LogP contribution is 2.40. The van der Waals surface area contributed by atoms with Crippen LogP contribution in [0.3, 0.4) is 0 Å². The van der Waals surface area contributed by atoms with Crippen molar-refractivity contribution in [2.24, 2.45) is 0 Å². The molecule has 0 spiro atoms. The topological polar surface area (TPSA) is 43.0 Å². The molecular weight excluding hydrogens is 256 g/mol. The summed E-state index contributed by atoms with van der Waals surface area (Å²) in [7, 11) is 4.92. The van der Waals surface area contributed by atoms with Crippen LogP contribution in [0.5, 0.6) is 17.2 Å². The highest BCUT2D eigenvalue weighted by atomic mass is 16.5. The van der Waals surface area contributed by atoms with Gasteiger partial charge in [-0.25, -0.2) is 0 Å². The molecule has 1 aliphatic heterocycles. The van der Waals surface area contributed by atoms with Gasteiger partial charge in [-0.3, -0.25) is 4.90 Å². The van der Waals surface area contributed by atoms with Crippen LogP contribution in [0.15, 0.2) is 12.1 Å². The summed E-state index contributed by atoms with van der Waals surface area (Å²) < 4.78 is 16.2. The number of benzene rings is 1. The van der Waals surface area contributed by atoms with E-state index in [1.54, 1.807) is 21.3 Å². The van der Waals surface area contributed by atoms with Crippen molar-refractivity contribution in [3.8, 4) is 17.2 Å². The summed E-state index contributed by atoms with van der Waals surface area (Å²) in [5.74, 6) is 2.07. The maximum atomic E-state index is 5.42. The Morgan fingerprint density at radius 3 is 2.00 bits per heavy atom. The SMILES string of the molecule is COc1cc([C@H](C)N2CCNCC2)cc(OC)c1OC. The lowest BCUT2D eigenvalue weighted by molar-refractivity contribution is 0.185. The van der Waals surface area contributed by atoms with Crippen LogP contribution in [-0.4, -0.2) is 52.4 Å². The van der Waals surface area contributed by atoms with E-state index >= 15 is 0 Å². The summed E-state index contributed by atoms with van der Waals surface area (Å²) in [6.45, 7) is 6.39. The summed E-state index contributed by atoms with van der Waals surface area (Å²) in [5.41, 5.74) is 1.18. The predicted molar refractivity (Wildman–Crippen MR) is 79.0 cm³/mol. The summed E-state index contributed by atoms with van der Waals surface area (Å²) in [6.07, 6.45) is 0. The summed E-state index contributed by atoms with van der Waals surface area (Å²) in [5, 5.41) is 3.37. The van der Waals surface area contributed by atoms with Gasteiger partial charge in [0.1, 0.15) is 0 Å². The molecule has 1 heterocycles. The lowest BCUT2D eigenvalue weighted by atomic mass is 10.0. The fraction of sp³-hybridized carbons (Fsp3) is 0.600. The lowest BCUT2D eigenvalue weighted by Gasteiger charge is -2.33. The van der Waals surface area contributed by atoms with Crippen molar-refractivity contribution in [3.63, 3.8) is 0 Å². The second kappa shape index (κ2) is 6.81. The quantitative estimate of drug-likeness (QED) is 0.889. The van der Waals surface area contributed by atoms with E-state index in [0.29, 0.717) is 23.3 Å². The van der Waals surface area contributed by atoms with Gasteiger partial charge in [0, 0.05) is 32.2 Å². The third kappa shape index (κ3) is 2.99. The van der Waals surface area contributed by atoms with E-state index in [1.807, 2.05) is 12.1 Å². The molecule has 0 unspecified atom stereocenters. The average molecular weight is 280 g/mol. The van der Waals surface area contributed by atoms with E-state index in [2.05, 4.69) is 17.1 Å². The monoisotopic (exact) mass is 280 g/mol. The number of methoxy groups -OCH3 is 3. The zero-order valence-electron chi connectivity index (χ0n) is 12.7. The minimum Gasteiger partial charge on any atom is -0.493 e. The predicted octanol–water partition coefficient (Wildman–Crippen LogP) is 1.68. The van der Waals surface area contributed by atoms with E-state index in [9.17, 15) is 0 Å². The Morgan fingerprint density at radius 2 is 1.55 bits per heavy atom. The van der Waals surface area contributed by atoms with Crippen LogP contribution in [0.25, 0.3) is 0 Å². The molecule has 1 fully saturated rings. The van der Waals surface area contributed by atoms with E-state index in [4.69, 9.17) is 14.2 Å². The van der Waals surface area contributed by atoms with Gasteiger partial charge in [-0.15, -0.1) is 0 Å². The first kappa shape index (κ1) is 14.9. The second-order valence-electron chi connectivity index (χ2n) is 4.92. The molecule has 1 aliphatic rings. The molecule has 1 aromatic carbocycles. The second-order valence-corrected chi connectivity index (χ2v) is 4.92. The number of ether oxygens (including phenoxy) is 3. The van der Waals surface area contributed by atoms with Crippen LogP contribution in [-0.2, 0) is 0 Å². The van der Waals surface area contributed by atoms with Crippen molar-refractivity contribution in [2.45, 2.75) is 13.0 Å². The fourth-order valence-electron chi connectivity index (χ4n) is 2.62. The molecule has 112 valence electrons. The van der Waals surface area contributed by atoms with Gasteiger partial charge in [0.15, 0.2) is 11.5 Å². The third-order valence-corrected chi connectivity index (χ3v) is 3.87. The van der Waals surface area contributed by atoms with E-state index < -0.39 is 0 Å². The van der Waals surface area contributed by atoms with Crippen molar-refractivity contribution < 1.29 is 14.2 Å². The maximum Gasteiger partial charge on any atom is 0.203 e. The molecule has 1 saturated heterocycles. The first-order valence-electron chi connectivity index (χ1n) is 6.96. The minimum atomic E-state index is 0.325. The van der Waals surface area contributed by atoms with Crippen LogP contribution in [0.4, 0.5) is 0 Å². The van der Waals surface area contributed by atoms with E-state index in [-0.39, 0.29) is 0 Å². The van der Waals surface area contributed by atoms with Crippen LogP contribution >= 0.6 is 0 Å². The summed E-state index contributed by atoms with van der Waals surface area (Å²) >= 11 is 0. The van der Waals surface area contributed by atoms with Crippen molar-refractivity contribution in [2.75, 3.05) is 47.5 Å². The van der Waals surface area contributed by atoms with Crippen molar-refractivity contribution in [1.29, 1.82) is 0 Å². The molecule has 0 aliphatic carbocycles. The van der Waals surface area contributed by atoms with Crippen molar-refractivity contribution in [1.82, 2.24) is 10.2 Å². The Bertz CT molecular complexity index is 420. The minimum absolute atomic E-state index is 0.325. The molecule has 0 saturated carbocycles. The molecule has 1 atom stereocenters. The zero-order chi connectivity index (χ0) is 14.5. The Kier molecular flexibility index (Phi) is 5.09. The van der Waals surface area contributed by atoms with Gasteiger partial charge in [-0.1, -0.05) is 0 Å². The molecule has 0 bridgehead atoms. The third-order valence-electron chi connectivity index (χ3n) is 3.87. The number of hydrogen-bond donors (Lipinski definition) is 1. The highest BCUT2D eigenvalue weighted by molar-refractivity contribution is 5.54. The van der Waals surface area contributed by atoms with Gasteiger partial charge >= 0.3 is 0 Å². The van der Waals surface area contributed by atoms with Gasteiger partial charge in [-0.05, 0) is 24.6 Å². The van der Waals surface area contributed by atoms with E-state index in [1.165, 1.54) is 5.56 Å².